The molecule has 0 saturated carbocycles. The highest BCUT2D eigenvalue weighted by Crippen LogP contribution is 2.30. The molecule has 1 atom stereocenters. The number of ether oxygens (including phenoxy) is 1. The number of rotatable bonds is 10. The summed E-state index contributed by atoms with van der Waals surface area (Å²) in [5.74, 6) is -1.62. The van der Waals surface area contributed by atoms with Gasteiger partial charge in [-0.2, -0.15) is 4.72 Å². The average Bonchev–Trinajstić information content (AvgIpc) is 3.30. The number of carbonyl (C=O) groups is 2. The van der Waals surface area contributed by atoms with E-state index in [1.54, 1.807) is 38.1 Å². The number of para-hydroxylation sites is 1. The molecule has 190 valence electrons. The standard InChI is InChI=1S/C29H28N2O5S/c1-20(2)27(31-37(34,35)18-17-21-11-5-3-6-12-21)29(33)36-19-25(32)26-23-15-9-10-16-24(23)30-28(26)22-13-7-4-8-14-22/h3-18,20,27,30-31H,19H2,1-2H3/b18-17+/t27-/m1/s1. The zero-order valence-corrected chi connectivity index (χ0v) is 21.4. The molecule has 1 heterocycles. The molecular weight excluding hydrogens is 488 g/mol. The third kappa shape index (κ3) is 6.41. The van der Waals surface area contributed by atoms with Gasteiger partial charge in [0.05, 0.1) is 11.3 Å². The molecule has 2 N–H and O–H groups in total. The Balaban J connectivity index is 1.50. The Hall–Kier alpha value is -4.01. The fourth-order valence-corrected chi connectivity index (χ4v) is 5.09. The minimum Gasteiger partial charge on any atom is -0.456 e. The Morgan fingerprint density at radius 3 is 2.22 bits per heavy atom. The molecule has 0 saturated heterocycles. The minimum absolute atomic E-state index is 0.390. The maximum Gasteiger partial charge on any atom is 0.324 e. The van der Waals surface area contributed by atoms with Gasteiger partial charge in [-0.3, -0.25) is 9.59 Å². The molecule has 0 amide bonds. The van der Waals surface area contributed by atoms with Crippen molar-refractivity contribution in [1.82, 2.24) is 9.71 Å². The first-order valence-electron chi connectivity index (χ1n) is 11.9. The van der Waals surface area contributed by atoms with Gasteiger partial charge in [0.15, 0.2) is 6.61 Å². The summed E-state index contributed by atoms with van der Waals surface area (Å²) in [4.78, 5) is 29.5. The Morgan fingerprint density at radius 1 is 0.919 bits per heavy atom. The summed E-state index contributed by atoms with van der Waals surface area (Å²) in [5, 5.41) is 1.73. The first-order valence-corrected chi connectivity index (χ1v) is 13.4. The summed E-state index contributed by atoms with van der Waals surface area (Å²) in [6.07, 6.45) is 1.44. The number of carbonyl (C=O) groups excluding carboxylic acids is 2. The van der Waals surface area contributed by atoms with Gasteiger partial charge in [-0.05, 0) is 29.2 Å². The number of benzene rings is 3. The van der Waals surface area contributed by atoms with Gasteiger partial charge in [0.25, 0.3) is 0 Å². The monoisotopic (exact) mass is 516 g/mol. The molecule has 37 heavy (non-hydrogen) atoms. The predicted octanol–water partition coefficient (Wildman–Crippen LogP) is 5.18. The zero-order valence-electron chi connectivity index (χ0n) is 20.5. The fourth-order valence-electron chi connectivity index (χ4n) is 3.96. The number of hydrogen-bond donors (Lipinski definition) is 2. The topological polar surface area (TPSA) is 105 Å². The third-order valence-corrected chi connectivity index (χ3v) is 6.92. The number of sulfonamides is 1. The molecule has 4 rings (SSSR count). The number of aromatic amines is 1. The van der Waals surface area contributed by atoms with Crippen molar-refractivity contribution < 1.29 is 22.7 Å². The van der Waals surface area contributed by atoms with Crippen molar-refractivity contribution in [2.45, 2.75) is 19.9 Å². The number of ketones is 1. The molecule has 3 aromatic carbocycles. The van der Waals surface area contributed by atoms with E-state index in [9.17, 15) is 18.0 Å². The number of fused-ring (bicyclic) bond motifs is 1. The van der Waals surface area contributed by atoms with Crippen molar-refractivity contribution in [3.8, 4) is 11.3 Å². The van der Waals surface area contributed by atoms with E-state index in [4.69, 9.17) is 4.74 Å². The smallest absolute Gasteiger partial charge is 0.324 e. The van der Waals surface area contributed by atoms with E-state index in [1.165, 1.54) is 6.08 Å². The van der Waals surface area contributed by atoms with Crippen molar-refractivity contribution in [2.75, 3.05) is 6.61 Å². The Labute approximate surface area is 216 Å². The fraction of sp³-hybridized carbons (Fsp3) is 0.172. The minimum atomic E-state index is -3.94. The lowest BCUT2D eigenvalue weighted by atomic mass is 10.0. The second-order valence-corrected chi connectivity index (χ2v) is 10.5. The molecule has 0 radical (unpaired) electrons. The van der Waals surface area contributed by atoms with Crippen LogP contribution in [0.1, 0.15) is 29.8 Å². The van der Waals surface area contributed by atoms with Gasteiger partial charge in [0, 0.05) is 16.3 Å². The van der Waals surface area contributed by atoms with Crippen LogP contribution in [0.4, 0.5) is 0 Å². The highest BCUT2D eigenvalue weighted by molar-refractivity contribution is 7.92. The van der Waals surface area contributed by atoms with E-state index in [-0.39, 0.29) is 5.78 Å². The normalized spacial score (nSPS) is 12.7. The number of aromatic nitrogens is 1. The van der Waals surface area contributed by atoms with Crippen LogP contribution >= 0.6 is 0 Å². The number of nitrogens with one attached hydrogen (secondary N) is 2. The molecule has 1 aromatic heterocycles. The van der Waals surface area contributed by atoms with Crippen LogP contribution in [0.15, 0.2) is 90.3 Å². The highest BCUT2D eigenvalue weighted by atomic mass is 32.2. The van der Waals surface area contributed by atoms with E-state index in [0.29, 0.717) is 16.8 Å². The summed E-state index contributed by atoms with van der Waals surface area (Å²) < 4.78 is 33.0. The van der Waals surface area contributed by atoms with Crippen LogP contribution in [-0.4, -0.2) is 37.8 Å². The Bertz CT molecular complexity index is 1520. The van der Waals surface area contributed by atoms with E-state index in [1.807, 2.05) is 60.7 Å². The molecule has 0 aliphatic heterocycles. The van der Waals surface area contributed by atoms with Gasteiger partial charge in [-0.25, -0.2) is 8.42 Å². The number of esters is 1. The van der Waals surface area contributed by atoms with Crippen molar-refractivity contribution in [2.24, 2.45) is 5.92 Å². The van der Waals surface area contributed by atoms with Gasteiger partial charge in [0.2, 0.25) is 15.8 Å². The highest BCUT2D eigenvalue weighted by Gasteiger charge is 2.29. The van der Waals surface area contributed by atoms with Gasteiger partial charge in [0.1, 0.15) is 6.04 Å². The lowest BCUT2D eigenvalue weighted by Gasteiger charge is -2.19. The predicted molar refractivity (Wildman–Crippen MR) is 145 cm³/mol. The van der Waals surface area contributed by atoms with Gasteiger partial charge in [-0.1, -0.05) is 92.7 Å². The molecule has 4 aromatic rings. The zero-order chi connectivity index (χ0) is 26.4. The van der Waals surface area contributed by atoms with Crippen LogP contribution in [0.25, 0.3) is 28.2 Å². The first-order chi connectivity index (χ1) is 17.7. The molecule has 0 spiro atoms. The number of H-pyrrole nitrogens is 1. The van der Waals surface area contributed by atoms with E-state index in [2.05, 4.69) is 9.71 Å². The van der Waals surface area contributed by atoms with Gasteiger partial charge in [-0.15, -0.1) is 0 Å². The van der Waals surface area contributed by atoms with Gasteiger partial charge >= 0.3 is 5.97 Å². The van der Waals surface area contributed by atoms with Crippen LogP contribution in [0, 0.1) is 5.92 Å². The lowest BCUT2D eigenvalue weighted by molar-refractivity contribution is -0.145. The SMILES string of the molecule is CC(C)[C@@H](NS(=O)(=O)/C=C/c1ccccc1)C(=O)OCC(=O)c1c(-c2ccccc2)[nH]c2ccccc12. The molecule has 0 aliphatic carbocycles. The van der Waals surface area contributed by atoms with Crippen LogP contribution in [0.5, 0.6) is 0 Å². The summed E-state index contributed by atoms with van der Waals surface area (Å²) >= 11 is 0. The van der Waals surface area contributed by atoms with Crippen LogP contribution in [0.2, 0.25) is 0 Å². The Morgan fingerprint density at radius 2 is 1.54 bits per heavy atom. The first kappa shape index (κ1) is 26.1. The number of Topliss-reactive ketones (excluding diaryl/α,β-unsaturated/α-hetero) is 1. The van der Waals surface area contributed by atoms with Crippen molar-refractivity contribution in [3.05, 3.63) is 101 Å². The summed E-state index contributed by atoms with van der Waals surface area (Å²) in [5.41, 5.74) is 3.37. The van der Waals surface area contributed by atoms with Crippen molar-refractivity contribution >= 4 is 38.8 Å². The molecule has 0 bridgehead atoms. The molecule has 0 fully saturated rings. The Kier molecular flexibility index (Phi) is 8.01. The maximum atomic E-state index is 13.3. The summed E-state index contributed by atoms with van der Waals surface area (Å²) in [6, 6.07) is 24.6. The quantitative estimate of drug-likeness (QED) is 0.223. The molecule has 7 nitrogen and oxygen atoms in total. The lowest BCUT2D eigenvalue weighted by Crippen LogP contribution is -2.45. The van der Waals surface area contributed by atoms with Crippen LogP contribution in [0.3, 0.4) is 0 Å². The summed E-state index contributed by atoms with van der Waals surface area (Å²) in [7, 11) is -3.94. The van der Waals surface area contributed by atoms with Crippen molar-refractivity contribution in [1.29, 1.82) is 0 Å². The van der Waals surface area contributed by atoms with Crippen molar-refractivity contribution in [3.63, 3.8) is 0 Å². The maximum absolute atomic E-state index is 13.3. The molecule has 0 aliphatic rings. The van der Waals surface area contributed by atoms with Gasteiger partial charge < -0.3 is 9.72 Å². The molecule has 0 unspecified atom stereocenters. The third-order valence-electron chi connectivity index (χ3n) is 5.84. The number of hydrogen-bond acceptors (Lipinski definition) is 5. The second kappa shape index (κ2) is 11.4. The largest absolute Gasteiger partial charge is 0.456 e. The van der Waals surface area contributed by atoms with E-state index >= 15 is 0 Å². The van der Waals surface area contributed by atoms with Crippen LogP contribution < -0.4 is 4.72 Å². The molecular formula is C29H28N2O5S. The van der Waals surface area contributed by atoms with E-state index in [0.717, 1.165) is 21.9 Å². The summed E-state index contributed by atoms with van der Waals surface area (Å²) in [6.45, 7) is 2.88. The van der Waals surface area contributed by atoms with E-state index < -0.39 is 34.6 Å². The molecule has 8 heteroatoms. The average molecular weight is 517 g/mol. The second-order valence-electron chi connectivity index (χ2n) is 8.92. The van der Waals surface area contributed by atoms with Crippen LogP contribution in [-0.2, 0) is 19.6 Å².